The normalized spacial score (nSPS) is 14.7. The van der Waals surface area contributed by atoms with E-state index >= 15 is 0 Å². The third-order valence-corrected chi connectivity index (χ3v) is 5.10. The minimum atomic E-state index is -0.879. The average molecular weight is 396 g/mol. The Bertz CT molecular complexity index is 1160. The lowest BCUT2D eigenvalue weighted by Crippen LogP contribution is -2.32. The SMILES string of the molecule is N#Cc1c(F)ccc(F)c1Oc1ccc2ncn(CC3CCNCC3)c(=O)c2c1. The number of hydrogen-bond acceptors (Lipinski definition) is 5. The molecule has 0 atom stereocenters. The van der Waals surface area contributed by atoms with Crippen molar-refractivity contribution in [3.63, 3.8) is 0 Å². The number of hydrogen-bond donors (Lipinski definition) is 1. The second kappa shape index (κ2) is 7.97. The number of nitrogens with zero attached hydrogens (tertiary/aromatic N) is 3. The zero-order valence-corrected chi connectivity index (χ0v) is 15.5. The van der Waals surface area contributed by atoms with Crippen molar-refractivity contribution in [2.45, 2.75) is 19.4 Å². The van der Waals surface area contributed by atoms with Crippen molar-refractivity contribution in [1.82, 2.24) is 14.9 Å². The summed E-state index contributed by atoms with van der Waals surface area (Å²) < 4.78 is 34.9. The van der Waals surface area contributed by atoms with E-state index in [0.717, 1.165) is 38.1 Å². The van der Waals surface area contributed by atoms with Crippen LogP contribution >= 0.6 is 0 Å². The van der Waals surface area contributed by atoms with Crippen LogP contribution < -0.4 is 15.6 Å². The molecule has 8 heteroatoms. The Morgan fingerprint density at radius 2 is 1.97 bits per heavy atom. The lowest BCUT2D eigenvalue weighted by Gasteiger charge is -2.23. The number of benzene rings is 2. The molecule has 29 heavy (non-hydrogen) atoms. The highest BCUT2D eigenvalue weighted by Crippen LogP contribution is 2.30. The fourth-order valence-electron chi connectivity index (χ4n) is 3.53. The maximum absolute atomic E-state index is 14.1. The van der Waals surface area contributed by atoms with E-state index in [0.29, 0.717) is 23.4 Å². The number of aromatic nitrogens is 2. The third kappa shape index (κ3) is 3.82. The molecule has 1 N–H and O–H groups in total. The molecule has 0 unspecified atom stereocenters. The van der Waals surface area contributed by atoms with Gasteiger partial charge in [-0.15, -0.1) is 0 Å². The van der Waals surface area contributed by atoms with E-state index in [1.54, 1.807) is 16.7 Å². The van der Waals surface area contributed by atoms with Crippen molar-refractivity contribution in [2.24, 2.45) is 5.92 Å². The van der Waals surface area contributed by atoms with Gasteiger partial charge in [-0.3, -0.25) is 9.36 Å². The highest BCUT2D eigenvalue weighted by molar-refractivity contribution is 5.79. The summed E-state index contributed by atoms with van der Waals surface area (Å²) in [4.78, 5) is 17.2. The molecule has 0 aliphatic carbocycles. The molecular formula is C21H18F2N4O2. The number of ether oxygens (including phenoxy) is 1. The van der Waals surface area contributed by atoms with Crippen molar-refractivity contribution in [2.75, 3.05) is 13.1 Å². The van der Waals surface area contributed by atoms with E-state index in [1.165, 1.54) is 18.5 Å². The Labute approximate surface area is 165 Å². The highest BCUT2D eigenvalue weighted by Gasteiger charge is 2.18. The lowest BCUT2D eigenvalue weighted by molar-refractivity contribution is 0.329. The van der Waals surface area contributed by atoms with Gasteiger partial charge in [0.2, 0.25) is 0 Å². The summed E-state index contributed by atoms with van der Waals surface area (Å²) in [5, 5.41) is 12.7. The highest BCUT2D eigenvalue weighted by atomic mass is 19.1. The van der Waals surface area contributed by atoms with E-state index in [1.807, 2.05) is 0 Å². The Hall–Kier alpha value is -3.31. The molecule has 2 aromatic carbocycles. The number of halogens is 2. The second-order valence-electron chi connectivity index (χ2n) is 7.02. The first kappa shape index (κ1) is 19.0. The van der Waals surface area contributed by atoms with Crippen molar-refractivity contribution in [3.8, 4) is 17.6 Å². The summed E-state index contributed by atoms with van der Waals surface area (Å²) in [6.07, 6.45) is 3.51. The molecule has 1 aromatic heterocycles. The van der Waals surface area contributed by atoms with Crippen LogP contribution in [0, 0.1) is 28.9 Å². The van der Waals surface area contributed by atoms with E-state index in [9.17, 15) is 13.6 Å². The standard InChI is InChI=1S/C21H18F2N4O2/c22-17-2-3-18(23)20(16(17)10-24)29-14-1-4-19-15(9-14)21(28)27(12-26-19)11-13-5-7-25-8-6-13/h1-4,9,12-13,25H,5-8,11H2. The number of rotatable bonds is 4. The monoisotopic (exact) mass is 396 g/mol. The van der Waals surface area contributed by atoms with Crippen LogP contribution in [0.25, 0.3) is 10.9 Å². The molecule has 1 fully saturated rings. The molecular weight excluding hydrogens is 378 g/mol. The van der Waals surface area contributed by atoms with Gasteiger partial charge in [-0.25, -0.2) is 13.8 Å². The van der Waals surface area contributed by atoms with Gasteiger partial charge in [0.15, 0.2) is 11.6 Å². The average Bonchev–Trinajstić information content (AvgIpc) is 2.74. The maximum Gasteiger partial charge on any atom is 0.261 e. The molecule has 1 aliphatic rings. The fraction of sp³-hybridized carbons (Fsp3) is 0.286. The minimum Gasteiger partial charge on any atom is -0.453 e. The summed E-state index contributed by atoms with van der Waals surface area (Å²) >= 11 is 0. The number of nitrogens with one attached hydrogen (secondary N) is 1. The number of fused-ring (bicyclic) bond motifs is 1. The van der Waals surface area contributed by atoms with E-state index in [-0.39, 0.29) is 11.3 Å². The largest absolute Gasteiger partial charge is 0.453 e. The summed E-state index contributed by atoms with van der Waals surface area (Å²) in [6, 6.07) is 7.87. The molecule has 1 aliphatic heterocycles. The molecule has 0 spiro atoms. The summed E-state index contributed by atoms with van der Waals surface area (Å²) in [5.41, 5.74) is -0.275. The Morgan fingerprint density at radius 3 is 2.72 bits per heavy atom. The van der Waals surface area contributed by atoms with Crippen LogP contribution in [-0.4, -0.2) is 22.6 Å². The van der Waals surface area contributed by atoms with Crippen LogP contribution in [0.3, 0.4) is 0 Å². The first-order chi connectivity index (χ1) is 14.1. The first-order valence-electron chi connectivity index (χ1n) is 9.32. The zero-order chi connectivity index (χ0) is 20.4. The summed E-state index contributed by atoms with van der Waals surface area (Å²) in [6.45, 7) is 2.43. The molecule has 4 rings (SSSR count). The van der Waals surface area contributed by atoms with E-state index < -0.39 is 22.9 Å². The minimum absolute atomic E-state index is 0.122. The molecule has 3 aromatic rings. The van der Waals surface area contributed by atoms with E-state index in [2.05, 4.69) is 10.3 Å². The molecule has 6 nitrogen and oxygen atoms in total. The third-order valence-electron chi connectivity index (χ3n) is 5.10. The van der Waals surface area contributed by atoms with Gasteiger partial charge in [0.1, 0.15) is 23.2 Å². The van der Waals surface area contributed by atoms with Crippen LogP contribution in [0.4, 0.5) is 8.78 Å². The van der Waals surface area contributed by atoms with Crippen molar-refractivity contribution >= 4 is 10.9 Å². The predicted molar refractivity (Wildman–Crippen MR) is 103 cm³/mol. The number of nitriles is 1. The molecule has 1 saturated heterocycles. The summed E-state index contributed by atoms with van der Waals surface area (Å²) in [7, 11) is 0. The van der Waals surface area contributed by atoms with Crippen molar-refractivity contribution in [3.05, 3.63) is 64.2 Å². The Morgan fingerprint density at radius 1 is 1.21 bits per heavy atom. The van der Waals surface area contributed by atoms with E-state index in [4.69, 9.17) is 10.00 Å². The Kier molecular flexibility index (Phi) is 5.23. The smallest absolute Gasteiger partial charge is 0.261 e. The Balaban J connectivity index is 1.69. The second-order valence-corrected chi connectivity index (χ2v) is 7.02. The quantitative estimate of drug-likeness (QED) is 0.732. The van der Waals surface area contributed by atoms with Crippen molar-refractivity contribution in [1.29, 1.82) is 5.26 Å². The van der Waals surface area contributed by atoms with Gasteiger partial charge in [0.05, 0.1) is 17.2 Å². The molecule has 0 radical (unpaired) electrons. The molecule has 0 bridgehead atoms. The predicted octanol–water partition coefficient (Wildman–Crippen LogP) is 3.34. The lowest BCUT2D eigenvalue weighted by atomic mass is 9.98. The van der Waals surface area contributed by atoms with Gasteiger partial charge in [0, 0.05) is 6.54 Å². The van der Waals surface area contributed by atoms with Crippen LogP contribution in [0.5, 0.6) is 11.5 Å². The van der Waals surface area contributed by atoms with Crippen LogP contribution in [0.2, 0.25) is 0 Å². The van der Waals surface area contributed by atoms with Crippen molar-refractivity contribution < 1.29 is 13.5 Å². The maximum atomic E-state index is 14.1. The van der Waals surface area contributed by atoms with Gasteiger partial charge in [-0.05, 0) is 62.2 Å². The fourth-order valence-corrected chi connectivity index (χ4v) is 3.53. The van der Waals surface area contributed by atoms with Crippen LogP contribution in [0.15, 0.2) is 41.5 Å². The molecule has 0 amide bonds. The molecule has 2 heterocycles. The van der Waals surface area contributed by atoms with Crippen LogP contribution in [0.1, 0.15) is 18.4 Å². The topological polar surface area (TPSA) is 79.9 Å². The number of piperidine rings is 1. The van der Waals surface area contributed by atoms with Gasteiger partial charge >= 0.3 is 0 Å². The first-order valence-corrected chi connectivity index (χ1v) is 9.32. The molecule has 148 valence electrons. The zero-order valence-electron chi connectivity index (χ0n) is 15.5. The van der Waals surface area contributed by atoms with Crippen LogP contribution in [-0.2, 0) is 6.54 Å². The summed E-state index contributed by atoms with van der Waals surface area (Å²) in [5.74, 6) is -1.73. The van der Waals surface area contributed by atoms with Gasteiger partial charge in [-0.2, -0.15) is 5.26 Å². The van der Waals surface area contributed by atoms with Gasteiger partial charge < -0.3 is 10.1 Å². The molecule has 0 saturated carbocycles. The van der Waals surface area contributed by atoms with Gasteiger partial charge in [-0.1, -0.05) is 0 Å². The van der Waals surface area contributed by atoms with Gasteiger partial charge in [0.25, 0.3) is 5.56 Å².